The highest BCUT2D eigenvalue weighted by molar-refractivity contribution is 7.08. The third-order valence-corrected chi connectivity index (χ3v) is 2.63. The van der Waals surface area contributed by atoms with Gasteiger partial charge in [0, 0.05) is 16.6 Å². The molecule has 2 aromatic heterocycles. The molecule has 0 radical (unpaired) electrons. The molecule has 0 amide bonds. The molecule has 5 heteroatoms. The van der Waals surface area contributed by atoms with Crippen molar-refractivity contribution in [2.45, 2.75) is 6.92 Å². The number of rotatable bonds is 2. The van der Waals surface area contributed by atoms with Crippen molar-refractivity contribution in [3.8, 4) is 0 Å². The molecule has 0 fully saturated rings. The monoisotopic (exact) mass is 207 g/mol. The maximum absolute atomic E-state index is 8.93. The van der Waals surface area contributed by atoms with Crippen molar-refractivity contribution < 1.29 is 5.21 Å². The third kappa shape index (κ3) is 1.42. The van der Waals surface area contributed by atoms with E-state index in [1.807, 2.05) is 23.8 Å². The molecule has 14 heavy (non-hydrogen) atoms. The Labute approximate surface area is 84.9 Å². The standard InChI is InChI=1S/C9H9N3OS/c1-6-8(11-5-10-6)9(12-13)7-2-3-14-4-7/h2-5,13H,1H3,(H,10,11)/b12-9+. The van der Waals surface area contributed by atoms with Gasteiger partial charge in [0.05, 0.1) is 6.33 Å². The lowest BCUT2D eigenvalue weighted by Gasteiger charge is -1.98. The zero-order valence-corrected chi connectivity index (χ0v) is 8.38. The summed E-state index contributed by atoms with van der Waals surface area (Å²) >= 11 is 1.56. The van der Waals surface area contributed by atoms with Crippen LogP contribution in [0.4, 0.5) is 0 Å². The molecular weight excluding hydrogens is 198 g/mol. The third-order valence-electron chi connectivity index (χ3n) is 1.95. The van der Waals surface area contributed by atoms with Crippen LogP contribution in [-0.2, 0) is 0 Å². The topological polar surface area (TPSA) is 61.3 Å². The quantitative estimate of drug-likeness (QED) is 0.449. The van der Waals surface area contributed by atoms with E-state index in [0.29, 0.717) is 11.4 Å². The molecule has 0 unspecified atom stereocenters. The van der Waals surface area contributed by atoms with Crippen LogP contribution in [0, 0.1) is 6.92 Å². The molecule has 0 atom stereocenters. The number of thiophene rings is 1. The Kier molecular flexibility index (Phi) is 2.32. The van der Waals surface area contributed by atoms with E-state index in [2.05, 4.69) is 15.1 Å². The first-order valence-corrected chi connectivity index (χ1v) is 5.02. The molecule has 0 aliphatic carbocycles. The molecule has 0 bridgehead atoms. The summed E-state index contributed by atoms with van der Waals surface area (Å²) in [6, 6.07) is 1.90. The number of aromatic amines is 1. The van der Waals surface area contributed by atoms with Gasteiger partial charge in [-0.3, -0.25) is 0 Å². The lowest BCUT2D eigenvalue weighted by molar-refractivity contribution is 0.319. The highest BCUT2D eigenvalue weighted by Crippen LogP contribution is 2.14. The number of imidazole rings is 1. The molecule has 0 saturated carbocycles. The van der Waals surface area contributed by atoms with Crippen molar-refractivity contribution in [3.63, 3.8) is 0 Å². The first-order chi connectivity index (χ1) is 6.83. The summed E-state index contributed by atoms with van der Waals surface area (Å²) in [4.78, 5) is 7.05. The number of aryl methyl sites for hydroxylation is 1. The summed E-state index contributed by atoms with van der Waals surface area (Å²) in [7, 11) is 0. The second-order valence-electron chi connectivity index (χ2n) is 2.84. The maximum Gasteiger partial charge on any atom is 0.138 e. The Balaban J connectivity index is 2.47. The van der Waals surface area contributed by atoms with Gasteiger partial charge in [-0.15, -0.1) is 0 Å². The predicted molar refractivity (Wildman–Crippen MR) is 55.1 cm³/mol. The molecular formula is C9H9N3OS. The number of hydrogen-bond acceptors (Lipinski definition) is 4. The van der Waals surface area contributed by atoms with E-state index in [4.69, 9.17) is 5.21 Å². The Morgan fingerprint density at radius 1 is 1.64 bits per heavy atom. The van der Waals surface area contributed by atoms with Crippen molar-refractivity contribution in [1.82, 2.24) is 9.97 Å². The van der Waals surface area contributed by atoms with Gasteiger partial charge in [0.25, 0.3) is 0 Å². The minimum Gasteiger partial charge on any atom is -0.410 e. The zero-order valence-electron chi connectivity index (χ0n) is 7.56. The van der Waals surface area contributed by atoms with Crippen LogP contribution in [0.5, 0.6) is 0 Å². The van der Waals surface area contributed by atoms with Gasteiger partial charge in [0.2, 0.25) is 0 Å². The summed E-state index contributed by atoms with van der Waals surface area (Å²) in [5.41, 5.74) is 2.97. The summed E-state index contributed by atoms with van der Waals surface area (Å²) in [5.74, 6) is 0. The molecule has 0 aromatic carbocycles. The minimum atomic E-state index is 0.505. The van der Waals surface area contributed by atoms with Crippen molar-refractivity contribution in [2.24, 2.45) is 5.16 Å². The van der Waals surface area contributed by atoms with Gasteiger partial charge in [-0.05, 0) is 18.4 Å². The largest absolute Gasteiger partial charge is 0.410 e. The lowest BCUT2D eigenvalue weighted by atomic mass is 10.1. The molecule has 0 saturated heterocycles. The highest BCUT2D eigenvalue weighted by Gasteiger charge is 2.12. The minimum absolute atomic E-state index is 0.505. The van der Waals surface area contributed by atoms with E-state index in [0.717, 1.165) is 11.3 Å². The molecule has 2 rings (SSSR count). The van der Waals surface area contributed by atoms with E-state index in [9.17, 15) is 0 Å². The smallest absolute Gasteiger partial charge is 0.138 e. The van der Waals surface area contributed by atoms with E-state index in [-0.39, 0.29) is 0 Å². The van der Waals surface area contributed by atoms with Crippen LogP contribution < -0.4 is 0 Å². The summed E-state index contributed by atoms with van der Waals surface area (Å²) in [6.07, 6.45) is 1.59. The molecule has 0 spiro atoms. The lowest BCUT2D eigenvalue weighted by Crippen LogP contribution is -2.04. The van der Waals surface area contributed by atoms with E-state index >= 15 is 0 Å². The van der Waals surface area contributed by atoms with Crippen LogP contribution in [0.3, 0.4) is 0 Å². The van der Waals surface area contributed by atoms with Crippen molar-refractivity contribution in [3.05, 3.63) is 40.1 Å². The van der Waals surface area contributed by atoms with Crippen molar-refractivity contribution in [2.75, 3.05) is 0 Å². The van der Waals surface area contributed by atoms with Gasteiger partial charge in [0.1, 0.15) is 11.4 Å². The van der Waals surface area contributed by atoms with E-state index in [1.165, 1.54) is 0 Å². The second kappa shape index (κ2) is 3.63. The normalized spacial score (nSPS) is 11.9. The summed E-state index contributed by atoms with van der Waals surface area (Å²) in [5, 5.41) is 16.1. The number of oxime groups is 1. The SMILES string of the molecule is Cc1[nH]cnc1/C(=N/O)c1ccsc1. The molecule has 0 aliphatic heterocycles. The van der Waals surface area contributed by atoms with Crippen LogP contribution in [0.15, 0.2) is 28.3 Å². The van der Waals surface area contributed by atoms with Crippen LogP contribution in [0.1, 0.15) is 17.0 Å². The fourth-order valence-corrected chi connectivity index (χ4v) is 1.88. The predicted octanol–water partition coefficient (Wildman–Crippen LogP) is 2.01. The summed E-state index contributed by atoms with van der Waals surface area (Å²) < 4.78 is 0. The average Bonchev–Trinajstić information content (AvgIpc) is 2.80. The van der Waals surface area contributed by atoms with Gasteiger partial charge < -0.3 is 10.2 Å². The number of nitrogens with zero attached hydrogens (tertiary/aromatic N) is 2. The van der Waals surface area contributed by atoms with Crippen LogP contribution in [-0.4, -0.2) is 20.9 Å². The van der Waals surface area contributed by atoms with Crippen LogP contribution >= 0.6 is 11.3 Å². The fourth-order valence-electron chi connectivity index (χ4n) is 1.24. The Morgan fingerprint density at radius 2 is 2.50 bits per heavy atom. The summed E-state index contributed by atoms with van der Waals surface area (Å²) in [6.45, 7) is 1.89. The van der Waals surface area contributed by atoms with Crippen LogP contribution in [0.2, 0.25) is 0 Å². The van der Waals surface area contributed by atoms with Gasteiger partial charge in [0.15, 0.2) is 0 Å². The average molecular weight is 207 g/mol. The van der Waals surface area contributed by atoms with Gasteiger partial charge in [-0.2, -0.15) is 11.3 Å². The first kappa shape index (κ1) is 8.96. The Morgan fingerprint density at radius 3 is 3.00 bits per heavy atom. The molecule has 2 aromatic rings. The molecule has 72 valence electrons. The Bertz CT molecular complexity index is 444. The zero-order chi connectivity index (χ0) is 9.97. The van der Waals surface area contributed by atoms with Crippen molar-refractivity contribution in [1.29, 1.82) is 0 Å². The van der Waals surface area contributed by atoms with E-state index < -0.39 is 0 Å². The van der Waals surface area contributed by atoms with Crippen LogP contribution in [0.25, 0.3) is 0 Å². The second-order valence-corrected chi connectivity index (χ2v) is 3.62. The molecule has 2 heterocycles. The number of nitrogens with one attached hydrogen (secondary N) is 1. The number of H-pyrrole nitrogens is 1. The van der Waals surface area contributed by atoms with Crippen molar-refractivity contribution >= 4 is 17.0 Å². The fraction of sp³-hybridized carbons (Fsp3) is 0.111. The van der Waals surface area contributed by atoms with E-state index in [1.54, 1.807) is 17.7 Å². The van der Waals surface area contributed by atoms with Gasteiger partial charge in [-0.25, -0.2) is 4.98 Å². The molecule has 2 N–H and O–H groups in total. The van der Waals surface area contributed by atoms with Gasteiger partial charge in [-0.1, -0.05) is 5.16 Å². The number of aromatic nitrogens is 2. The van der Waals surface area contributed by atoms with Gasteiger partial charge >= 0.3 is 0 Å². The first-order valence-electron chi connectivity index (χ1n) is 4.08. The molecule has 4 nitrogen and oxygen atoms in total. The Hall–Kier alpha value is -1.62. The molecule has 0 aliphatic rings. The number of hydrogen-bond donors (Lipinski definition) is 2. The highest BCUT2D eigenvalue weighted by atomic mass is 32.1. The maximum atomic E-state index is 8.93.